The molecule has 134 valence electrons. The molecule has 4 rings (SSSR count). The van der Waals surface area contributed by atoms with Crippen LogP contribution in [-0.4, -0.2) is 44.2 Å². The molecule has 1 aromatic carbocycles. The minimum absolute atomic E-state index is 0.209. The molecule has 0 bridgehead atoms. The largest absolute Gasteiger partial charge is 0.342 e. The molecule has 3 aromatic rings. The summed E-state index contributed by atoms with van der Waals surface area (Å²) in [5, 5.41) is 0.855. The normalized spacial score (nSPS) is 14.7. The monoisotopic (exact) mass is 366 g/mol. The number of pyridine rings is 1. The maximum Gasteiger partial charge on any atom is 0.233 e. The van der Waals surface area contributed by atoms with Gasteiger partial charge in [-0.05, 0) is 37.0 Å². The van der Waals surface area contributed by atoms with Gasteiger partial charge in [0.15, 0.2) is 10.8 Å². The molecule has 0 aliphatic carbocycles. The van der Waals surface area contributed by atoms with Crippen molar-refractivity contribution < 1.29 is 4.79 Å². The lowest BCUT2D eigenvalue weighted by Gasteiger charge is -2.26. The number of fused-ring (bicyclic) bond motifs is 1. The Labute approximate surface area is 157 Å². The van der Waals surface area contributed by atoms with E-state index in [2.05, 4.69) is 21.7 Å². The van der Waals surface area contributed by atoms with Crippen molar-refractivity contribution in [2.45, 2.75) is 31.0 Å². The number of rotatable bonds is 5. The van der Waals surface area contributed by atoms with E-state index in [-0.39, 0.29) is 5.91 Å². The Morgan fingerprint density at radius 3 is 2.65 bits per heavy atom. The predicted molar refractivity (Wildman–Crippen MR) is 104 cm³/mol. The van der Waals surface area contributed by atoms with E-state index >= 15 is 0 Å². The Balaban J connectivity index is 1.55. The third-order valence-electron chi connectivity index (χ3n) is 4.69. The Morgan fingerprint density at radius 2 is 1.85 bits per heavy atom. The Bertz CT molecular complexity index is 887. The van der Waals surface area contributed by atoms with Crippen molar-refractivity contribution in [3.05, 3.63) is 54.2 Å². The fourth-order valence-corrected chi connectivity index (χ4v) is 4.22. The second-order valence-corrected chi connectivity index (χ2v) is 7.48. The van der Waals surface area contributed by atoms with Crippen molar-refractivity contribution >= 4 is 28.8 Å². The maximum absolute atomic E-state index is 12.5. The van der Waals surface area contributed by atoms with Crippen molar-refractivity contribution in [1.29, 1.82) is 0 Å². The average Bonchev–Trinajstić information content (AvgIpc) is 3.05. The van der Waals surface area contributed by atoms with Gasteiger partial charge in [0.25, 0.3) is 0 Å². The zero-order valence-corrected chi connectivity index (χ0v) is 15.5. The van der Waals surface area contributed by atoms with Gasteiger partial charge in [0, 0.05) is 19.3 Å². The number of hydrogen-bond acceptors (Lipinski definition) is 4. The van der Waals surface area contributed by atoms with Crippen LogP contribution in [0.5, 0.6) is 0 Å². The van der Waals surface area contributed by atoms with E-state index in [1.807, 2.05) is 35.2 Å². The summed E-state index contributed by atoms with van der Waals surface area (Å²) in [5.41, 5.74) is 2.93. The summed E-state index contributed by atoms with van der Waals surface area (Å²) >= 11 is 1.51. The highest BCUT2D eigenvalue weighted by atomic mass is 32.2. The van der Waals surface area contributed by atoms with Crippen molar-refractivity contribution in [2.24, 2.45) is 0 Å². The minimum Gasteiger partial charge on any atom is -0.342 e. The molecule has 0 N–H and O–H groups in total. The van der Waals surface area contributed by atoms with E-state index in [4.69, 9.17) is 4.98 Å². The van der Waals surface area contributed by atoms with Gasteiger partial charge in [-0.15, -0.1) is 0 Å². The lowest BCUT2D eigenvalue weighted by Crippen LogP contribution is -2.36. The Morgan fingerprint density at radius 1 is 1.04 bits per heavy atom. The SMILES string of the molecule is O=C(CSc1nc2cccnc2n1Cc1ccccc1)N1CCCCC1. The quantitative estimate of drug-likeness (QED) is 0.648. The third-order valence-corrected chi connectivity index (χ3v) is 5.65. The topological polar surface area (TPSA) is 51.0 Å². The highest BCUT2D eigenvalue weighted by Gasteiger charge is 2.19. The number of likely N-dealkylation sites (tertiary alicyclic amines) is 1. The van der Waals surface area contributed by atoms with Crippen molar-refractivity contribution in [3.8, 4) is 0 Å². The molecule has 0 saturated carbocycles. The highest BCUT2D eigenvalue weighted by Crippen LogP contribution is 2.24. The number of aromatic nitrogens is 3. The van der Waals surface area contributed by atoms with Gasteiger partial charge < -0.3 is 4.90 Å². The summed E-state index contributed by atoms with van der Waals surface area (Å²) in [7, 11) is 0. The molecule has 1 aliphatic heterocycles. The van der Waals surface area contributed by atoms with E-state index < -0.39 is 0 Å². The molecule has 1 aliphatic rings. The van der Waals surface area contributed by atoms with Crippen LogP contribution in [0.25, 0.3) is 11.2 Å². The number of nitrogens with zero attached hydrogens (tertiary/aromatic N) is 4. The fraction of sp³-hybridized carbons (Fsp3) is 0.350. The summed E-state index contributed by atoms with van der Waals surface area (Å²) in [5.74, 6) is 0.638. The third kappa shape index (κ3) is 3.75. The molecule has 3 heterocycles. The number of carbonyl (C=O) groups is 1. The number of thioether (sulfide) groups is 1. The zero-order chi connectivity index (χ0) is 17.8. The molecule has 0 unspecified atom stereocenters. The maximum atomic E-state index is 12.5. The van der Waals surface area contributed by atoms with Gasteiger partial charge in [-0.1, -0.05) is 42.1 Å². The van der Waals surface area contributed by atoms with Crippen LogP contribution in [0, 0.1) is 0 Å². The first-order valence-corrected chi connectivity index (χ1v) is 10.1. The van der Waals surface area contributed by atoms with Crippen LogP contribution in [0.1, 0.15) is 24.8 Å². The minimum atomic E-state index is 0.209. The standard InChI is InChI=1S/C20H22N4OS/c25-18(23-12-5-2-6-13-23)15-26-20-22-17-10-7-11-21-19(17)24(20)14-16-8-3-1-4-9-16/h1,3-4,7-11H,2,5-6,12-15H2. The van der Waals surface area contributed by atoms with Crippen molar-refractivity contribution in [3.63, 3.8) is 0 Å². The van der Waals surface area contributed by atoms with Crippen molar-refractivity contribution in [2.75, 3.05) is 18.8 Å². The van der Waals surface area contributed by atoms with Gasteiger partial charge in [0.1, 0.15) is 5.52 Å². The van der Waals surface area contributed by atoms with E-state index in [1.54, 1.807) is 6.20 Å². The summed E-state index contributed by atoms with van der Waals surface area (Å²) in [6.07, 6.45) is 5.26. The van der Waals surface area contributed by atoms with Crippen LogP contribution in [0.2, 0.25) is 0 Å². The molecule has 2 aromatic heterocycles. The summed E-state index contributed by atoms with van der Waals surface area (Å²) < 4.78 is 2.11. The van der Waals surface area contributed by atoms with Crippen LogP contribution < -0.4 is 0 Å². The molecule has 5 nitrogen and oxygen atoms in total. The number of benzene rings is 1. The Hall–Kier alpha value is -2.34. The summed E-state index contributed by atoms with van der Waals surface area (Å²) in [4.78, 5) is 23.7. The van der Waals surface area contributed by atoms with E-state index in [0.29, 0.717) is 12.3 Å². The summed E-state index contributed by atoms with van der Waals surface area (Å²) in [6, 6.07) is 14.2. The second-order valence-electron chi connectivity index (χ2n) is 6.54. The number of hydrogen-bond donors (Lipinski definition) is 0. The van der Waals surface area contributed by atoms with Gasteiger partial charge in [-0.25, -0.2) is 9.97 Å². The summed E-state index contributed by atoms with van der Waals surface area (Å²) in [6.45, 7) is 2.48. The number of amides is 1. The number of carbonyl (C=O) groups excluding carboxylic acids is 1. The van der Waals surface area contributed by atoms with Gasteiger partial charge in [0.05, 0.1) is 12.3 Å². The van der Waals surface area contributed by atoms with Crippen LogP contribution in [0.3, 0.4) is 0 Å². The first kappa shape index (κ1) is 17.1. The van der Waals surface area contributed by atoms with E-state index in [9.17, 15) is 4.79 Å². The molecular formula is C20H22N4OS. The van der Waals surface area contributed by atoms with Crippen molar-refractivity contribution in [1.82, 2.24) is 19.4 Å². The second kappa shape index (κ2) is 7.91. The van der Waals surface area contributed by atoms with E-state index in [0.717, 1.165) is 42.3 Å². The molecule has 1 saturated heterocycles. The first-order valence-electron chi connectivity index (χ1n) is 9.07. The van der Waals surface area contributed by atoms with Gasteiger partial charge >= 0.3 is 0 Å². The first-order chi connectivity index (χ1) is 12.8. The molecule has 1 fully saturated rings. The average molecular weight is 366 g/mol. The molecule has 0 spiro atoms. The van der Waals surface area contributed by atoms with Gasteiger partial charge in [-0.3, -0.25) is 9.36 Å². The lowest BCUT2D eigenvalue weighted by atomic mass is 10.1. The lowest BCUT2D eigenvalue weighted by molar-refractivity contribution is -0.129. The molecule has 1 amide bonds. The van der Waals surface area contributed by atoms with Crippen LogP contribution in [-0.2, 0) is 11.3 Å². The van der Waals surface area contributed by atoms with Crippen LogP contribution in [0.15, 0.2) is 53.8 Å². The van der Waals surface area contributed by atoms with E-state index in [1.165, 1.54) is 23.7 Å². The van der Waals surface area contributed by atoms with Crippen LogP contribution in [0.4, 0.5) is 0 Å². The van der Waals surface area contributed by atoms with Gasteiger partial charge in [-0.2, -0.15) is 0 Å². The number of piperidine rings is 1. The Kier molecular flexibility index (Phi) is 5.20. The predicted octanol–water partition coefficient (Wildman–Crippen LogP) is 3.58. The molecule has 26 heavy (non-hydrogen) atoms. The zero-order valence-electron chi connectivity index (χ0n) is 14.7. The molecular weight excluding hydrogens is 344 g/mol. The molecule has 0 radical (unpaired) electrons. The van der Waals surface area contributed by atoms with Gasteiger partial charge in [0.2, 0.25) is 5.91 Å². The molecule has 0 atom stereocenters. The highest BCUT2D eigenvalue weighted by molar-refractivity contribution is 7.99. The van der Waals surface area contributed by atoms with Crippen LogP contribution >= 0.6 is 11.8 Å². The smallest absolute Gasteiger partial charge is 0.233 e. The number of imidazole rings is 1. The fourth-order valence-electron chi connectivity index (χ4n) is 3.32. The molecule has 6 heteroatoms.